The number of nitrogens with two attached hydrogens (primary N) is 1. The Morgan fingerprint density at radius 1 is 1.21 bits per heavy atom. The van der Waals surface area contributed by atoms with Gasteiger partial charge in [0.05, 0.1) is 13.7 Å². The summed E-state index contributed by atoms with van der Waals surface area (Å²) in [5, 5.41) is 1.41. The Hall–Kier alpha value is -2.73. The van der Waals surface area contributed by atoms with Crippen molar-refractivity contribution >= 4 is 27.9 Å². The lowest BCUT2D eigenvalue weighted by Gasteiger charge is -2.13. The molecule has 2 N–H and O–H groups in total. The van der Waals surface area contributed by atoms with Gasteiger partial charge in [-0.05, 0) is 47.7 Å². The number of amidine groups is 1. The average molecular weight is 411 g/mol. The molecule has 0 saturated heterocycles. The smallest absolute Gasteiger partial charge is 0.336 e. The van der Waals surface area contributed by atoms with Gasteiger partial charge >= 0.3 is 5.63 Å². The van der Waals surface area contributed by atoms with E-state index in [2.05, 4.69) is 24.9 Å². The number of ether oxygens (including phenoxy) is 1. The molecule has 0 spiro atoms. The largest absolute Gasteiger partial charge is 0.496 e. The summed E-state index contributed by atoms with van der Waals surface area (Å²) in [6, 6.07) is 13.3. The minimum atomic E-state index is -0.352. The third-order valence-corrected chi connectivity index (χ3v) is 5.69. The Morgan fingerprint density at radius 3 is 2.69 bits per heavy atom. The van der Waals surface area contributed by atoms with Gasteiger partial charge in [0, 0.05) is 22.8 Å². The average Bonchev–Trinajstić information content (AvgIpc) is 2.69. The lowest BCUT2D eigenvalue weighted by atomic mass is 9.95. The molecule has 152 valence electrons. The van der Waals surface area contributed by atoms with Crippen LogP contribution in [0.4, 0.5) is 0 Å². The summed E-state index contributed by atoms with van der Waals surface area (Å²) in [5.41, 5.74) is 10.6. The van der Waals surface area contributed by atoms with Gasteiger partial charge in [-0.2, -0.15) is 0 Å². The van der Waals surface area contributed by atoms with Crippen LogP contribution < -0.4 is 16.1 Å². The monoisotopic (exact) mass is 410 g/mol. The lowest BCUT2D eigenvalue weighted by molar-refractivity contribution is 0.410. The highest BCUT2D eigenvalue weighted by Gasteiger charge is 2.12. The fourth-order valence-corrected chi connectivity index (χ4v) is 4.02. The summed E-state index contributed by atoms with van der Waals surface area (Å²) in [6.07, 6.45) is 0. The summed E-state index contributed by atoms with van der Waals surface area (Å²) < 4.78 is 10.8. The summed E-state index contributed by atoms with van der Waals surface area (Å²) in [5.74, 6) is 1.72. The number of thioether (sulfide) groups is 1. The Labute approximate surface area is 175 Å². The van der Waals surface area contributed by atoms with Crippen molar-refractivity contribution in [3.8, 4) is 5.75 Å². The molecular weight excluding hydrogens is 384 g/mol. The van der Waals surface area contributed by atoms with Crippen molar-refractivity contribution < 1.29 is 9.15 Å². The zero-order chi connectivity index (χ0) is 21.0. The van der Waals surface area contributed by atoms with Gasteiger partial charge in [0.25, 0.3) is 0 Å². The van der Waals surface area contributed by atoms with E-state index in [1.165, 1.54) is 17.3 Å². The lowest BCUT2D eigenvalue weighted by Crippen LogP contribution is -2.09. The molecule has 0 aliphatic carbocycles. The molecule has 0 aliphatic rings. The SMILES string of the molecule is COc1ccccc1CN=C(N)SCc1cc(=O)oc2cc(C)c(C(C)C)cc12. The number of fused-ring (bicyclic) bond motifs is 1. The van der Waals surface area contributed by atoms with Crippen molar-refractivity contribution in [1.29, 1.82) is 0 Å². The zero-order valence-electron chi connectivity index (χ0n) is 17.2. The van der Waals surface area contributed by atoms with Gasteiger partial charge in [-0.1, -0.05) is 43.8 Å². The first-order chi connectivity index (χ1) is 13.9. The molecule has 0 amide bonds. The third kappa shape index (κ3) is 5.01. The summed E-state index contributed by atoms with van der Waals surface area (Å²) in [4.78, 5) is 16.5. The molecule has 29 heavy (non-hydrogen) atoms. The number of hydrogen-bond acceptors (Lipinski definition) is 5. The van der Waals surface area contributed by atoms with Gasteiger partial charge in [0.1, 0.15) is 11.3 Å². The van der Waals surface area contributed by atoms with Crippen molar-refractivity contribution in [3.05, 3.63) is 75.1 Å². The number of hydrogen-bond donors (Lipinski definition) is 1. The second-order valence-corrected chi connectivity index (χ2v) is 8.20. The number of nitrogens with zero attached hydrogens (tertiary/aromatic N) is 1. The van der Waals surface area contributed by atoms with Crippen LogP contribution in [0.3, 0.4) is 0 Å². The molecule has 0 fully saturated rings. The van der Waals surface area contributed by atoms with E-state index in [9.17, 15) is 4.79 Å². The molecule has 0 saturated carbocycles. The van der Waals surface area contributed by atoms with Gasteiger partial charge in [0.2, 0.25) is 0 Å². The van der Waals surface area contributed by atoms with Crippen LogP contribution in [0, 0.1) is 6.92 Å². The first-order valence-corrected chi connectivity index (χ1v) is 10.5. The maximum Gasteiger partial charge on any atom is 0.336 e. The molecule has 3 rings (SSSR count). The van der Waals surface area contributed by atoms with E-state index >= 15 is 0 Å². The predicted molar refractivity (Wildman–Crippen MR) is 121 cm³/mol. The van der Waals surface area contributed by atoms with Crippen LogP contribution in [0.25, 0.3) is 11.0 Å². The number of rotatable bonds is 6. The Morgan fingerprint density at radius 2 is 1.97 bits per heavy atom. The van der Waals surface area contributed by atoms with Crippen LogP contribution in [0.5, 0.6) is 5.75 Å². The van der Waals surface area contributed by atoms with Crippen LogP contribution in [0.15, 0.2) is 56.7 Å². The van der Waals surface area contributed by atoms with E-state index in [0.29, 0.717) is 29.0 Å². The fraction of sp³-hybridized carbons (Fsp3) is 0.304. The molecule has 0 aliphatic heterocycles. The molecule has 2 aromatic carbocycles. The maximum absolute atomic E-state index is 12.0. The number of methoxy groups -OCH3 is 1. The molecule has 0 unspecified atom stereocenters. The number of benzene rings is 2. The summed E-state index contributed by atoms with van der Waals surface area (Å²) in [7, 11) is 1.64. The van der Waals surface area contributed by atoms with Crippen LogP contribution in [0.1, 0.15) is 42.0 Å². The van der Waals surface area contributed by atoms with Crippen molar-refractivity contribution in [2.24, 2.45) is 10.7 Å². The Bertz CT molecular complexity index is 1100. The quantitative estimate of drug-likeness (QED) is 0.352. The van der Waals surface area contributed by atoms with Crippen LogP contribution in [0.2, 0.25) is 0 Å². The topological polar surface area (TPSA) is 77.8 Å². The van der Waals surface area contributed by atoms with Crippen molar-refractivity contribution in [2.75, 3.05) is 7.11 Å². The molecule has 5 nitrogen and oxygen atoms in total. The second-order valence-electron chi connectivity index (χ2n) is 7.21. The molecule has 1 aromatic heterocycles. The van der Waals surface area contributed by atoms with E-state index in [1.807, 2.05) is 37.3 Å². The predicted octanol–water partition coefficient (Wildman–Crippen LogP) is 4.98. The minimum absolute atomic E-state index is 0.352. The third-order valence-electron chi connectivity index (χ3n) is 4.81. The number of para-hydroxylation sites is 1. The van der Waals surface area contributed by atoms with Crippen molar-refractivity contribution in [1.82, 2.24) is 0 Å². The first kappa shape index (κ1) is 21.0. The second kappa shape index (κ2) is 9.18. The first-order valence-electron chi connectivity index (χ1n) is 9.51. The standard InChI is InChI=1S/C23H26N2O3S/c1-14(2)18-11-19-17(10-22(26)28-21(19)9-15(18)3)13-29-23(24)25-12-16-7-5-6-8-20(16)27-4/h5-11,14H,12-13H2,1-4H3,(H2,24,25). The highest BCUT2D eigenvalue weighted by molar-refractivity contribution is 8.13. The van der Waals surface area contributed by atoms with Gasteiger partial charge in [-0.3, -0.25) is 4.99 Å². The van der Waals surface area contributed by atoms with Crippen LogP contribution >= 0.6 is 11.8 Å². The molecular formula is C23H26N2O3S. The zero-order valence-corrected chi connectivity index (χ0v) is 18.0. The maximum atomic E-state index is 12.0. The van der Waals surface area contributed by atoms with Crippen molar-refractivity contribution in [2.45, 2.75) is 39.0 Å². The molecule has 1 heterocycles. The van der Waals surface area contributed by atoms with Gasteiger partial charge in [0.15, 0.2) is 5.17 Å². The minimum Gasteiger partial charge on any atom is -0.496 e. The molecule has 0 bridgehead atoms. The molecule has 0 radical (unpaired) electrons. The normalized spacial score (nSPS) is 12.0. The Balaban J connectivity index is 1.82. The van der Waals surface area contributed by atoms with Crippen LogP contribution in [-0.2, 0) is 12.3 Å². The van der Waals surface area contributed by atoms with E-state index in [-0.39, 0.29) is 5.63 Å². The fourth-order valence-electron chi connectivity index (χ4n) is 3.33. The van der Waals surface area contributed by atoms with E-state index < -0.39 is 0 Å². The van der Waals surface area contributed by atoms with Crippen LogP contribution in [-0.4, -0.2) is 12.3 Å². The van der Waals surface area contributed by atoms with E-state index in [0.717, 1.165) is 27.8 Å². The highest BCUT2D eigenvalue weighted by atomic mass is 32.2. The van der Waals surface area contributed by atoms with Crippen molar-refractivity contribution in [3.63, 3.8) is 0 Å². The number of aryl methyl sites for hydroxylation is 1. The van der Waals surface area contributed by atoms with Gasteiger partial charge in [-0.15, -0.1) is 0 Å². The molecule has 3 aromatic rings. The highest BCUT2D eigenvalue weighted by Crippen LogP contribution is 2.28. The summed E-state index contributed by atoms with van der Waals surface area (Å²) in [6.45, 7) is 6.80. The molecule has 0 atom stereocenters. The number of aliphatic imine (C=N–C) groups is 1. The molecule has 6 heteroatoms. The Kier molecular flexibility index (Phi) is 6.64. The van der Waals surface area contributed by atoms with Gasteiger partial charge < -0.3 is 14.9 Å². The summed E-state index contributed by atoms with van der Waals surface area (Å²) >= 11 is 1.41. The van der Waals surface area contributed by atoms with E-state index in [1.54, 1.807) is 13.2 Å². The van der Waals surface area contributed by atoms with E-state index in [4.69, 9.17) is 14.9 Å². The van der Waals surface area contributed by atoms with Gasteiger partial charge in [-0.25, -0.2) is 4.79 Å².